The summed E-state index contributed by atoms with van der Waals surface area (Å²) in [6.07, 6.45) is -3.14. The van der Waals surface area contributed by atoms with E-state index in [1.54, 1.807) is 25.1 Å². The number of ether oxygens (including phenoxy) is 1. The number of aryl methyl sites for hydroxylation is 2. The first-order chi connectivity index (χ1) is 15.1. The van der Waals surface area contributed by atoms with E-state index in [9.17, 15) is 18.0 Å². The first kappa shape index (κ1) is 21.4. The highest BCUT2D eigenvalue weighted by atomic mass is 19.4. The highest BCUT2D eigenvalue weighted by Gasteiger charge is 2.31. The molecule has 1 aromatic heterocycles. The molecule has 1 aliphatic rings. The van der Waals surface area contributed by atoms with Crippen LogP contribution >= 0.6 is 0 Å². The van der Waals surface area contributed by atoms with Gasteiger partial charge in [-0.2, -0.15) is 10.1 Å². The van der Waals surface area contributed by atoms with Crippen LogP contribution in [0.3, 0.4) is 0 Å². The topological polar surface area (TPSA) is 55.0 Å². The number of halogens is 3. The van der Waals surface area contributed by atoms with Gasteiger partial charge in [0.1, 0.15) is 17.3 Å². The smallest absolute Gasteiger partial charge is 0.457 e. The Bertz CT molecular complexity index is 1240. The van der Waals surface area contributed by atoms with Crippen molar-refractivity contribution in [3.63, 3.8) is 0 Å². The summed E-state index contributed by atoms with van der Waals surface area (Å²) in [7, 11) is 0. The van der Waals surface area contributed by atoms with E-state index in [2.05, 4.69) is 9.84 Å². The number of alkyl halides is 3. The zero-order chi connectivity index (χ0) is 23.0. The number of hydrazone groups is 1. The van der Waals surface area contributed by atoms with Crippen LogP contribution in [0.5, 0.6) is 5.75 Å². The molecule has 32 heavy (non-hydrogen) atoms. The van der Waals surface area contributed by atoms with E-state index in [-0.39, 0.29) is 11.7 Å². The Hall–Kier alpha value is -3.81. The molecule has 0 radical (unpaired) electrons. The summed E-state index contributed by atoms with van der Waals surface area (Å²) in [4.78, 5) is 12.9. The van der Waals surface area contributed by atoms with Crippen molar-refractivity contribution in [3.05, 3.63) is 77.1 Å². The number of hydrogen-bond donors (Lipinski definition) is 0. The van der Waals surface area contributed by atoms with E-state index in [1.807, 2.05) is 32.0 Å². The Kier molecular flexibility index (Phi) is 5.38. The van der Waals surface area contributed by atoms with Gasteiger partial charge in [0, 0.05) is 5.56 Å². The fourth-order valence-corrected chi connectivity index (χ4v) is 3.27. The van der Waals surface area contributed by atoms with E-state index < -0.39 is 6.36 Å². The number of amides is 1. The minimum Gasteiger partial charge on any atom is -0.457 e. The van der Waals surface area contributed by atoms with Crippen LogP contribution < -0.4 is 9.75 Å². The number of carbonyl (C=O) groups excluding carboxylic acids is 1. The Labute approximate surface area is 182 Å². The van der Waals surface area contributed by atoms with E-state index in [0.29, 0.717) is 34.1 Å². The average molecular weight is 440 g/mol. The highest BCUT2D eigenvalue weighted by Crippen LogP contribution is 2.30. The van der Waals surface area contributed by atoms with Gasteiger partial charge in [-0.25, -0.2) is 0 Å². The fourth-order valence-electron chi connectivity index (χ4n) is 3.27. The van der Waals surface area contributed by atoms with Crippen LogP contribution in [0.25, 0.3) is 17.4 Å². The second kappa shape index (κ2) is 8.03. The van der Waals surface area contributed by atoms with E-state index in [4.69, 9.17) is 4.42 Å². The standard InChI is InChI=1S/C24H19F3N2O3/c1-14-4-7-18(12-15(14)2)29-23(30)21(16(3)28-29)13-20-10-11-22(31-20)17-5-8-19(9-6-17)32-24(25,26)27/h4-13H,1-3H3. The lowest BCUT2D eigenvalue weighted by Gasteiger charge is -2.13. The zero-order valence-electron chi connectivity index (χ0n) is 17.5. The molecule has 3 aromatic rings. The van der Waals surface area contributed by atoms with Gasteiger partial charge in [0.2, 0.25) is 0 Å². The number of carbonyl (C=O) groups is 1. The predicted octanol–water partition coefficient (Wildman–Crippen LogP) is 6.27. The zero-order valence-corrected chi connectivity index (χ0v) is 17.5. The van der Waals surface area contributed by atoms with Gasteiger partial charge < -0.3 is 9.15 Å². The van der Waals surface area contributed by atoms with E-state index in [1.165, 1.54) is 29.3 Å². The first-order valence-electron chi connectivity index (χ1n) is 9.76. The molecular formula is C24H19F3N2O3. The van der Waals surface area contributed by atoms with Crippen molar-refractivity contribution in [1.29, 1.82) is 0 Å². The Morgan fingerprint density at radius 2 is 1.69 bits per heavy atom. The van der Waals surface area contributed by atoms with Crippen LogP contribution in [0.4, 0.5) is 18.9 Å². The molecule has 4 rings (SSSR count). The lowest BCUT2D eigenvalue weighted by atomic mass is 10.1. The lowest BCUT2D eigenvalue weighted by molar-refractivity contribution is -0.274. The van der Waals surface area contributed by atoms with Gasteiger partial charge in [0.25, 0.3) is 5.91 Å². The average Bonchev–Trinajstić information content (AvgIpc) is 3.30. The molecule has 0 saturated carbocycles. The van der Waals surface area contributed by atoms with Crippen LogP contribution in [0, 0.1) is 13.8 Å². The summed E-state index contributed by atoms with van der Waals surface area (Å²) in [5, 5.41) is 5.73. The van der Waals surface area contributed by atoms with Crippen LogP contribution in [-0.2, 0) is 4.79 Å². The molecule has 5 nitrogen and oxygen atoms in total. The van der Waals surface area contributed by atoms with Crippen molar-refractivity contribution in [1.82, 2.24) is 0 Å². The SMILES string of the molecule is CC1=NN(c2ccc(C)c(C)c2)C(=O)C1=Cc1ccc(-c2ccc(OC(F)(F)F)cc2)o1. The van der Waals surface area contributed by atoms with Crippen molar-refractivity contribution in [3.8, 4) is 17.1 Å². The van der Waals surface area contributed by atoms with Gasteiger partial charge in [-0.3, -0.25) is 4.79 Å². The Morgan fingerprint density at radius 1 is 0.969 bits per heavy atom. The lowest BCUT2D eigenvalue weighted by Crippen LogP contribution is -2.21. The van der Waals surface area contributed by atoms with E-state index >= 15 is 0 Å². The van der Waals surface area contributed by atoms with Crippen LogP contribution in [0.15, 0.2) is 69.7 Å². The van der Waals surface area contributed by atoms with Gasteiger partial charge in [-0.15, -0.1) is 13.2 Å². The molecule has 0 atom stereocenters. The van der Waals surface area contributed by atoms with Gasteiger partial charge in [-0.1, -0.05) is 6.07 Å². The minimum atomic E-state index is -4.75. The molecule has 0 unspecified atom stereocenters. The molecular weight excluding hydrogens is 421 g/mol. The predicted molar refractivity (Wildman–Crippen MR) is 115 cm³/mol. The molecule has 0 N–H and O–H groups in total. The van der Waals surface area contributed by atoms with Gasteiger partial charge in [0.15, 0.2) is 0 Å². The summed E-state index contributed by atoms with van der Waals surface area (Å²) >= 11 is 0. The quantitative estimate of drug-likeness (QED) is 0.450. The molecule has 0 aliphatic carbocycles. The Balaban J connectivity index is 1.54. The van der Waals surface area contributed by atoms with Crippen molar-refractivity contribution >= 4 is 23.4 Å². The van der Waals surface area contributed by atoms with Crippen molar-refractivity contribution in [2.45, 2.75) is 27.1 Å². The third kappa shape index (κ3) is 4.44. The molecule has 164 valence electrons. The van der Waals surface area contributed by atoms with Crippen molar-refractivity contribution in [2.24, 2.45) is 5.10 Å². The third-order valence-electron chi connectivity index (χ3n) is 5.08. The van der Waals surface area contributed by atoms with Crippen LogP contribution in [0.2, 0.25) is 0 Å². The second-order valence-electron chi connectivity index (χ2n) is 7.40. The maximum Gasteiger partial charge on any atom is 0.573 e. The normalized spacial score (nSPS) is 15.4. The fraction of sp³-hybridized carbons (Fsp3) is 0.167. The maximum atomic E-state index is 12.9. The van der Waals surface area contributed by atoms with E-state index in [0.717, 1.165) is 11.1 Å². The summed E-state index contributed by atoms with van der Waals surface area (Å²) in [5.41, 5.74) is 4.39. The number of benzene rings is 2. The largest absolute Gasteiger partial charge is 0.573 e. The maximum absolute atomic E-state index is 12.9. The number of nitrogens with zero attached hydrogens (tertiary/aromatic N) is 2. The Morgan fingerprint density at radius 3 is 2.34 bits per heavy atom. The van der Waals surface area contributed by atoms with Crippen molar-refractivity contribution < 1.29 is 27.1 Å². The molecule has 0 bridgehead atoms. The summed E-state index contributed by atoms with van der Waals surface area (Å²) in [6, 6.07) is 14.4. The summed E-state index contributed by atoms with van der Waals surface area (Å²) in [5.74, 6) is 0.291. The highest BCUT2D eigenvalue weighted by molar-refractivity contribution is 6.32. The van der Waals surface area contributed by atoms with Gasteiger partial charge >= 0.3 is 6.36 Å². The summed E-state index contributed by atoms with van der Waals surface area (Å²) in [6.45, 7) is 5.71. The molecule has 1 aliphatic heterocycles. The molecule has 0 spiro atoms. The molecule has 8 heteroatoms. The van der Waals surface area contributed by atoms with Crippen LogP contribution in [0.1, 0.15) is 23.8 Å². The number of furan rings is 1. The molecule has 0 fully saturated rings. The first-order valence-corrected chi connectivity index (χ1v) is 9.76. The van der Waals surface area contributed by atoms with Crippen molar-refractivity contribution in [2.75, 3.05) is 5.01 Å². The number of hydrogen-bond acceptors (Lipinski definition) is 4. The monoisotopic (exact) mass is 440 g/mol. The van der Waals surface area contributed by atoms with Gasteiger partial charge in [0.05, 0.1) is 17.0 Å². The molecule has 1 amide bonds. The second-order valence-corrected chi connectivity index (χ2v) is 7.40. The molecule has 2 heterocycles. The van der Waals surface area contributed by atoms with Crippen LogP contribution in [-0.4, -0.2) is 18.0 Å². The minimum absolute atomic E-state index is 0.266. The molecule has 2 aromatic carbocycles. The number of rotatable bonds is 4. The number of anilines is 1. The van der Waals surface area contributed by atoms with Gasteiger partial charge in [-0.05, 0) is 86.5 Å². The molecule has 0 saturated heterocycles. The summed E-state index contributed by atoms with van der Waals surface area (Å²) < 4.78 is 46.6. The third-order valence-corrected chi connectivity index (χ3v) is 5.08.